The minimum atomic E-state index is 0.464. The summed E-state index contributed by atoms with van der Waals surface area (Å²) >= 11 is 0. The molecule has 2 nitrogen and oxygen atoms in total. The second kappa shape index (κ2) is 5.96. The third-order valence-electron chi connectivity index (χ3n) is 4.12. The van der Waals surface area contributed by atoms with Crippen molar-refractivity contribution < 1.29 is 4.74 Å². The predicted octanol–water partition coefficient (Wildman–Crippen LogP) is 4.37. The Morgan fingerprint density at radius 1 is 1.11 bits per heavy atom. The summed E-state index contributed by atoms with van der Waals surface area (Å²) in [6.45, 7) is 10.1. The average Bonchev–Trinajstić information content (AvgIpc) is 2.90. The van der Waals surface area contributed by atoms with Gasteiger partial charge in [0.05, 0.1) is 7.11 Å². The molecule has 0 radical (unpaired) electrons. The monoisotopic (exact) mass is 261 g/mol. The van der Waals surface area contributed by atoms with Crippen LogP contribution in [0.2, 0.25) is 0 Å². The van der Waals surface area contributed by atoms with Gasteiger partial charge in [-0.15, -0.1) is 0 Å². The van der Waals surface area contributed by atoms with Gasteiger partial charge in [0, 0.05) is 11.6 Å². The molecule has 1 atom stereocenters. The number of methoxy groups -OCH3 is 1. The van der Waals surface area contributed by atoms with Crippen LogP contribution in [0.5, 0.6) is 5.75 Å². The minimum Gasteiger partial charge on any atom is -0.496 e. The molecule has 19 heavy (non-hydrogen) atoms. The van der Waals surface area contributed by atoms with Crippen LogP contribution in [0.3, 0.4) is 0 Å². The third-order valence-corrected chi connectivity index (χ3v) is 4.12. The van der Waals surface area contributed by atoms with Crippen molar-refractivity contribution in [3.63, 3.8) is 0 Å². The van der Waals surface area contributed by atoms with Crippen LogP contribution in [0.1, 0.15) is 75.1 Å². The van der Waals surface area contributed by atoms with Crippen molar-refractivity contribution in [1.82, 2.24) is 5.32 Å². The van der Waals surface area contributed by atoms with E-state index in [4.69, 9.17) is 4.74 Å². The Kier molecular flexibility index (Phi) is 4.51. The topological polar surface area (TPSA) is 21.3 Å². The smallest absolute Gasteiger partial charge is 0.127 e. The molecule has 1 unspecified atom stereocenters. The van der Waals surface area contributed by atoms with E-state index in [0.717, 1.165) is 12.3 Å². The molecule has 1 aromatic rings. The SMILES string of the molecule is COc1c(C(C)C)ccc(C(C)C)c1C1CCCN1. The summed E-state index contributed by atoms with van der Waals surface area (Å²) < 4.78 is 5.80. The fourth-order valence-corrected chi connectivity index (χ4v) is 3.11. The van der Waals surface area contributed by atoms with Crippen LogP contribution < -0.4 is 10.1 Å². The molecule has 0 bridgehead atoms. The van der Waals surface area contributed by atoms with Crippen LogP contribution >= 0.6 is 0 Å². The molecule has 0 amide bonds. The highest BCUT2D eigenvalue weighted by molar-refractivity contribution is 5.51. The lowest BCUT2D eigenvalue weighted by atomic mass is 9.87. The van der Waals surface area contributed by atoms with Crippen molar-refractivity contribution >= 4 is 0 Å². The quantitative estimate of drug-likeness (QED) is 0.869. The Labute approximate surface area is 117 Å². The second-order valence-corrected chi connectivity index (χ2v) is 6.15. The van der Waals surface area contributed by atoms with Gasteiger partial charge < -0.3 is 10.1 Å². The lowest BCUT2D eigenvalue weighted by Gasteiger charge is -2.25. The lowest BCUT2D eigenvalue weighted by molar-refractivity contribution is 0.394. The predicted molar refractivity (Wildman–Crippen MR) is 81.1 cm³/mol. The van der Waals surface area contributed by atoms with E-state index in [2.05, 4.69) is 45.1 Å². The molecule has 2 heteroatoms. The zero-order valence-electron chi connectivity index (χ0n) is 12.9. The first kappa shape index (κ1) is 14.4. The van der Waals surface area contributed by atoms with Gasteiger partial charge >= 0.3 is 0 Å². The lowest BCUT2D eigenvalue weighted by Crippen LogP contribution is -2.17. The van der Waals surface area contributed by atoms with Gasteiger partial charge in [-0.25, -0.2) is 0 Å². The highest BCUT2D eigenvalue weighted by Crippen LogP contribution is 2.41. The van der Waals surface area contributed by atoms with E-state index >= 15 is 0 Å². The van der Waals surface area contributed by atoms with Gasteiger partial charge in [-0.2, -0.15) is 0 Å². The van der Waals surface area contributed by atoms with Crippen LogP contribution in [0, 0.1) is 0 Å². The van der Waals surface area contributed by atoms with Crippen molar-refractivity contribution in [2.45, 2.75) is 58.4 Å². The molecule has 0 aromatic heterocycles. The fourth-order valence-electron chi connectivity index (χ4n) is 3.11. The molecule has 1 aliphatic rings. The van der Waals surface area contributed by atoms with Crippen molar-refractivity contribution in [2.75, 3.05) is 13.7 Å². The summed E-state index contributed by atoms with van der Waals surface area (Å²) in [6, 6.07) is 5.01. The molecule has 0 aliphatic carbocycles. The Morgan fingerprint density at radius 2 is 1.74 bits per heavy atom. The van der Waals surface area contributed by atoms with E-state index in [9.17, 15) is 0 Å². The molecule has 0 saturated carbocycles. The van der Waals surface area contributed by atoms with E-state index < -0.39 is 0 Å². The molecular formula is C17H27NO. The first-order chi connectivity index (χ1) is 9.06. The second-order valence-electron chi connectivity index (χ2n) is 6.15. The number of nitrogens with one attached hydrogen (secondary N) is 1. The standard InChI is InChI=1S/C17H27NO/c1-11(2)13-8-9-14(12(3)4)17(19-5)16(13)15-7-6-10-18-15/h8-9,11-12,15,18H,6-7,10H2,1-5H3. The average molecular weight is 261 g/mol. The largest absolute Gasteiger partial charge is 0.496 e. The van der Waals surface area contributed by atoms with Gasteiger partial charge in [-0.1, -0.05) is 39.8 Å². The van der Waals surface area contributed by atoms with Crippen molar-refractivity contribution in [3.05, 3.63) is 28.8 Å². The van der Waals surface area contributed by atoms with E-state index in [0.29, 0.717) is 17.9 Å². The maximum Gasteiger partial charge on any atom is 0.127 e. The summed E-state index contributed by atoms with van der Waals surface area (Å²) in [5.41, 5.74) is 4.16. The van der Waals surface area contributed by atoms with Crippen LogP contribution in [-0.2, 0) is 0 Å². The first-order valence-electron chi connectivity index (χ1n) is 7.50. The van der Waals surface area contributed by atoms with Crippen molar-refractivity contribution in [3.8, 4) is 5.75 Å². The number of benzene rings is 1. The van der Waals surface area contributed by atoms with E-state index in [1.807, 2.05) is 7.11 Å². The molecule has 1 saturated heterocycles. The Bertz CT molecular complexity index is 431. The van der Waals surface area contributed by atoms with Crippen LogP contribution in [0.25, 0.3) is 0 Å². The number of hydrogen-bond donors (Lipinski definition) is 1. The summed E-state index contributed by atoms with van der Waals surface area (Å²) in [5, 5.41) is 3.63. The summed E-state index contributed by atoms with van der Waals surface area (Å²) in [5.74, 6) is 2.14. The van der Waals surface area contributed by atoms with Crippen molar-refractivity contribution in [1.29, 1.82) is 0 Å². The Hall–Kier alpha value is -1.02. The highest BCUT2D eigenvalue weighted by Gasteiger charge is 2.26. The van der Waals surface area contributed by atoms with Gasteiger partial charge in [0.2, 0.25) is 0 Å². The van der Waals surface area contributed by atoms with E-state index in [-0.39, 0.29) is 0 Å². The Balaban J connectivity index is 2.58. The van der Waals surface area contributed by atoms with Gasteiger partial charge in [-0.05, 0) is 42.3 Å². The fraction of sp³-hybridized carbons (Fsp3) is 0.647. The summed E-state index contributed by atoms with van der Waals surface area (Å²) in [4.78, 5) is 0. The Morgan fingerprint density at radius 3 is 2.21 bits per heavy atom. The molecule has 1 aliphatic heterocycles. The summed E-state index contributed by atoms with van der Waals surface area (Å²) in [7, 11) is 1.81. The van der Waals surface area contributed by atoms with Gasteiger partial charge in [0.25, 0.3) is 0 Å². The molecule has 1 aromatic carbocycles. The zero-order valence-corrected chi connectivity index (χ0v) is 12.9. The molecular weight excluding hydrogens is 234 g/mol. The molecule has 0 spiro atoms. The van der Waals surface area contributed by atoms with Crippen molar-refractivity contribution in [2.24, 2.45) is 0 Å². The van der Waals surface area contributed by atoms with E-state index in [1.165, 1.54) is 29.5 Å². The van der Waals surface area contributed by atoms with Gasteiger partial charge in [0.15, 0.2) is 0 Å². The van der Waals surface area contributed by atoms with Crippen LogP contribution in [-0.4, -0.2) is 13.7 Å². The van der Waals surface area contributed by atoms with Gasteiger partial charge in [0.1, 0.15) is 5.75 Å². The first-order valence-corrected chi connectivity index (χ1v) is 7.50. The maximum absolute atomic E-state index is 5.80. The minimum absolute atomic E-state index is 0.464. The number of ether oxygens (including phenoxy) is 1. The summed E-state index contributed by atoms with van der Waals surface area (Å²) in [6.07, 6.45) is 2.48. The molecule has 1 heterocycles. The number of rotatable bonds is 4. The van der Waals surface area contributed by atoms with Gasteiger partial charge in [-0.3, -0.25) is 0 Å². The van der Waals surface area contributed by atoms with E-state index in [1.54, 1.807) is 0 Å². The maximum atomic E-state index is 5.80. The molecule has 1 N–H and O–H groups in total. The molecule has 106 valence electrons. The van der Waals surface area contributed by atoms with Crippen LogP contribution in [0.15, 0.2) is 12.1 Å². The third kappa shape index (κ3) is 2.79. The molecule has 2 rings (SSSR count). The normalized spacial score (nSPS) is 19.4. The zero-order chi connectivity index (χ0) is 14.0. The number of hydrogen-bond acceptors (Lipinski definition) is 2. The molecule has 1 fully saturated rings. The highest BCUT2D eigenvalue weighted by atomic mass is 16.5. The van der Waals surface area contributed by atoms with Crippen LogP contribution in [0.4, 0.5) is 0 Å².